The quantitative estimate of drug-likeness (QED) is 0.746. The number of ketones is 1. The van der Waals surface area contributed by atoms with Crippen molar-refractivity contribution in [1.29, 1.82) is 0 Å². The van der Waals surface area contributed by atoms with E-state index in [0.29, 0.717) is 27.8 Å². The van der Waals surface area contributed by atoms with Gasteiger partial charge >= 0.3 is 0 Å². The Morgan fingerprint density at radius 1 is 1.09 bits per heavy atom. The van der Waals surface area contributed by atoms with E-state index in [1.807, 2.05) is 6.07 Å². The van der Waals surface area contributed by atoms with Crippen LogP contribution in [-0.2, 0) is 4.79 Å². The van der Waals surface area contributed by atoms with Gasteiger partial charge < -0.3 is 10.6 Å². The Morgan fingerprint density at radius 2 is 1.83 bits per heavy atom. The van der Waals surface area contributed by atoms with Crippen molar-refractivity contribution in [2.45, 2.75) is 13.3 Å². The average Bonchev–Trinajstić information content (AvgIpc) is 2.52. The van der Waals surface area contributed by atoms with Crippen molar-refractivity contribution in [3.63, 3.8) is 0 Å². The lowest BCUT2D eigenvalue weighted by Gasteiger charge is -2.10. The number of carbonyl (C=O) groups excluding carboxylic acids is 2. The predicted molar refractivity (Wildman–Crippen MR) is 94.6 cm³/mol. The molecule has 2 N–H and O–H groups in total. The number of benzene rings is 2. The summed E-state index contributed by atoms with van der Waals surface area (Å²) < 4.78 is 0. The highest BCUT2D eigenvalue weighted by Gasteiger charge is 2.08. The number of rotatable bonds is 6. The Bertz CT molecular complexity index is 732. The zero-order valence-electron chi connectivity index (χ0n) is 12.5. The second-order valence-electron chi connectivity index (χ2n) is 4.96. The third-order valence-electron chi connectivity index (χ3n) is 3.18. The highest BCUT2D eigenvalue weighted by atomic mass is 35.5. The molecule has 0 unspecified atom stereocenters. The fourth-order valence-corrected chi connectivity index (χ4v) is 2.33. The molecular formula is C17H16Cl2N2O2. The summed E-state index contributed by atoms with van der Waals surface area (Å²) in [7, 11) is 0. The van der Waals surface area contributed by atoms with Crippen molar-refractivity contribution in [3.8, 4) is 0 Å². The van der Waals surface area contributed by atoms with E-state index < -0.39 is 0 Å². The van der Waals surface area contributed by atoms with Crippen molar-refractivity contribution in [3.05, 3.63) is 58.1 Å². The molecular weight excluding hydrogens is 335 g/mol. The number of amides is 1. The van der Waals surface area contributed by atoms with Crippen LogP contribution in [0.15, 0.2) is 42.5 Å². The van der Waals surface area contributed by atoms with Crippen molar-refractivity contribution < 1.29 is 9.59 Å². The van der Waals surface area contributed by atoms with E-state index in [1.54, 1.807) is 36.4 Å². The van der Waals surface area contributed by atoms with E-state index in [2.05, 4.69) is 10.6 Å². The molecule has 0 aliphatic carbocycles. The van der Waals surface area contributed by atoms with Gasteiger partial charge in [0.1, 0.15) is 0 Å². The minimum Gasteiger partial charge on any atom is -0.385 e. The maximum absolute atomic E-state index is 11.9. The molecule has 0 bridgehead atoms. The highest BCUT2D eigenvalue weighted by molar-refractivity contribution is 6.43. The Labute approximate surface area is 144 Å². The molecule has 0 radical (unpaired) electrons. The number of halogens is 2. The first-order chi connectivity index (χ1) is 11.0. The third kappa shape index (κ3) is 4.98. The summed E-state index contributed by atoms with van der Waals surface area (Å²) in [5.74, 6) is -0.175. The van der Waals surface area contributed by atoms with Crippen molar-refractivity contribution in [1.82, 2.24) is 0 Å². The monoisotopic (exact) mass is 350 g/mol. The Morgan fingerprint density at radius 3 is 2.57 bits per heavy atom. The second kappa shape index (κ2) is 7.99. The van der Waals surface area contributed by atoms with Gasteiger partial charge in [-0.15, -0.1) is 0 Å². The molecule has 0 aliphatic rings. The fraction of sp³-hybridized carbons (Fsp3) is 0.176. The molecule has 0 heterocycles. The molecule has 0 aromatic heterocycles. The van der Waals surface area contributed by atoms with Crippen LogP contribution in [0.5, 0.6) is 0 Å². The molecule has 0 saturated heterocycles. The number of carbonyl (C=O) groups is 2. The van der Waals surface area contributed by atoms with Gasteiger partial charge in [0.25, 0.3) is 0 Å². The molecule has 2 aromatic carbocycles. The standard InChI is InChI=1S/C17H16Cl2N2O2/c1-11(22)12-4-2-5-13(10-12)20-9-8-16(23)21-15-7-3-6-14(18)17(15)19/h2-7,10,20H,8-9H2,1H3,(H,21,23). The fourth-order valence-electron chi connectivity index (χ4n) is 1.98. The zero-order chi connectivity index (χ0) is 16.8. The van der Waals surface area contributed by atoms with Gasteiger partial charge in [0, 0.05) is 24.2 Å². The van der Waals surface area contributed by atoms with Gasteiger partial charge in [0.15, 0.2) is 5.78 Å². The largest absolute Gasteiger partial charge is 0.385 e. The summed E-state index contributed by atoms with van der Waals surface area (Å²) in [4.78, 5) is 23.3. The molecule has 2 rings (SSSR count). The zero-order valence-corrected chi connectivity index (χ0v) is 14.0. The van der Waals surface area contributed by atoms with Gasteiger partial charge in [-0.1, -0.05) is 41.4 Å². The molecule has 23 heavy (non-hydrogen) atoms. The lowest BCUT2D eigenvalue weighted by atomic mass is 10.1. The van der Waals surface area contributed by atoms with E-state index in [1.165, 1.54) is 6.92 Å². The van der Waals surface area contributed by atoms with Gasteiger partial charge in [-0.25, -0.2) is 0 Å². The van der Waals surface area contributed by atoms with E-state index in [0.717, 1.165) is 5.69 Å². The first-order valence-corrected chi connectivity index (χ1v) is 7.81. The maximum atomic E-state index is 11.9. The summed E-state index contributed by atoms with van der Waals surface area (Å²) in [6, 6.07) is 12.2. The lowest BCUT2D eigenvalue weighted by Crippen LogP contribution is -2.16. The van der Waals surface area contributed by atoms with Crippen LogP contribution >= 0.6 is 23.2 Å². The second-order valence-corrected chi connectivity index (χ2v) is 5.75. The molecule has 0 saturated carbocycles. The summed E-state index contributed by atoms with van der Waals surface area (Å²) in [5.41, 5.74) is 1.92. The topological polar surface area (TPSA) is 58.2 Å². The molecule has 0 spiro atoms. The van der Waals surface area contributed by atoms with Crippen molar-refractivity contribution in [2.24, 2.45) is 0 Å². The summed E-state index contributed by atoms with van der Waals surface area (Å²) in [5, 5.41) is 6.54. The van der Waals surface area contributed by atoms with Crippen LogP contribution < -0.4 is 10.6 Å². The number of Topliss-reactive ketones (excluding diaryl/α,β-unsaturated/α-hetero) is 1. The van der Waals surface area contributed by atoms with E-state index in [4.69, 9.17) is 23.2 Å². The number of hydrogen-bond donors (Lipinski definition) is 2. The van der Waals surface area contributed by atoms with E-state index in [9.17, 15) is 9.59 Å². The highest BCUT2D eigenvalue weighted by Crippen LogP contribution is 2.29. The van der Waals surface area contributed by atoms with Crippen LogP contribution in [0.25, 0.3) is 0 Å². The molecule has 2 aromatic rings. The van der Waals surface area contributed by atoms with Crippen LogP contribution in [-0.4, -0.2) is 18.2 Å². The van der Waals surface area contributed by atoms with Gasteiger partial charge in [0.05, 0.1) is 15.7 Å². The minimum atomic E-state index is -0.176. The van der Waals surface area contributed by atoms with Crippen LogP contribution in [0.1, 0.15) is 23.7 Å². The van der Waals surface area contributed by atoms with Crippen LogP contribution in [0.2, 0.25) is 10.0 Å². The Kier molecular flexibility index (Phi) is 6.02. The number of anilines is 2. The smallest absolute Gasteiger partial charge is 0.226 e. The van der Waals surface area contributed by atoms with E-state index >= 15 is 0 Å². The minimum absolute atomic E-state index is 0.00184. The third-order valence-corrected chi connectivity index (χ3v) is 3.99. The predicted octanol–water partition coefficient (Wildman–Crippen LogP) is 4.64. The summed E-state index contributed by atoms with van der Waals surface area (Å²) >= 11 is 11.9. The SMILES string of the molecule is CC(=O)c1cccc(NCCC(=O)Nc2cccc(Cl)c2Cl)c1. The van der Waals surface area contributed by atoms with Gasteiger partial charge in [-0.3, -0.25) is 9.59 Å². The molecule has 0 atom stereocenters. The molecule has 1 amide bonds. The number of nitrogens with one attached hydrogen (secondary N) is 2. The van der Waals surface area contributed by atoms with Crippen molar-refractivity contribution >= 4 is 46.3 Å². The van der Waals surface area contributed by atoms with Crippen molar-refractivity contribution in [2.75, 3.05) is 17.2 Å². The maximum Gasteiger partial charge on any atom is 0.226 e. The molecule has 6 heteroatoms. The molecule has 120 valence electrons. The Hall–Kier alpha value is -2.04. The van der Waals surface area contributed by atoms with Crippen LogP contribution in [0.4, 0.5) is 11.4 Å². The van der Waals surface area contributed by atoms with Gasteiger partial charge in [-0.2, -0.15) is 0 Å². The first kappa shape index (κ1) is 17.3. The molecule has 0 fully saturated rings. The molecule has 0 aliphatic heterocycles. The van der Waals surface area contributed by atoms with Gasteiger partial charge in [0.2, 0.25) is 5.91 Å². The number of hydrogen-bond acceptors (Lipinski definition) is 3. The average molecular weight is 351 g/mol. The van der Waals surface area contributed by atoms with Crippen LogP contribution in [0.3, 0.4) is 0 Å². The Balaban J connectivity index is 1.86. The van der Waals surface area contributed by atoms with Crippen LogP contribution in [0, 0.1) is 0 Å². The lowest BCUT2D eigenvalue weighted by molar-refractivity contribution is -0.115. The molecule has 4 nitrogen and oxygen atoms in total. The normalized spacial score (nSPS) is 10.2. The summed E-state index contributed by atoms with van der Waals surface area (Å²) in [6.45, 7) is 1.95. The first-order valence-electron chi connectivity index (χ1n) is 7.06. The van der Waals surface area contributed by atoms with E-state index in [-0.39, 0.29) is 18.1 Å². The summed E-state index contributed by atoms with van der Waals surface area (Å²) in [6.07, 6.45) is 0.257. The van der Waals surface area contributed by atoms with Gasteiger partial charge in [-0.05, 0) is 31.2 Å².